The summed E-state index contributed by atoms with van der Waals surface area (Å²) in [5, 5.41) is 16.5. The van der Waals surface area contributed by atoms with Gasteiger partial charge in [-0.1, -0.05) is 30.3 Å². The molecule has 3 N–H and O–H groups in total. The molecule has 0 spiro atoms. The van der Waals surface area contributed by atoms with Crippen LogP contribution in [-0.4, -0.2) is 15.0 Å². The zero-order valence-electron chi connectivity index (χ0n) is 12.8. The molecule has 9 heteroatoms. The van der Waals surface area contributed by atoms with E-state index in [1.165, 1.54) is 23.5 Å². The Morgan fingerprint density at radius 2 is 1.84 bits per heavy atom. The van der Waals surface area contributed by atoms with Crippen molar-refractivity contribution in [3.63, 3.8) is 0 Å². The number of thiocarbonyl (C=S) groups is 1. The number of hydrogen-bond acceptors (Lipinski definition) is 6. The quantitative estimate of drug-likeness (QED) is 0.354. The van der Waals surface area contributed by atoms with Crippen molar-refractivity contribution in [2.75, 3.05) is 10.7 Å². The minimum Gasteiger partial charge on any atom is -0.331 e. The highest BCUT2D eigenvalue weighted by Crippen LogP contribution is 2.24. The Bertz CT molecular complexity index is 881. The van der Waals surface area contributed by atoms with Gasteiger partial charge in [0.25, 0.3) is 5.69 Å². The topological polar surface area (TPSA) is 92.1 Å². The first-order valence-corrected chi connectivity index (χ1v) is 8.49. The number of nitrogens with one attached hydrogen (secondary N) is 3. The lowest BCUT2D eigenvalue weighted by molar-refractivity contribution is -0.384. The predicted octanol–water partition coefficient (Wildman–Crippen LogP) is 4.03. The van der Waals surface area contributed by atoms with Gasteiger partial charge in [-0.3, -0.25) is 21.0 Å². The molecule has 1 heterocycles. The highest BCUT2D eigenvalue weighted by atomic mass is 32.1. The van der Waals surface area contributed by atoms with Crippen LogP contribution in [0.25, 0.3) is 11.3 Å². The average Bonchev–Trinajstić information content (AvgIpc) is 3.10. The number of thiazole rings is 1. The molecule has 0 fully saturated rings. The maximum atomic E-state index is 10.6. The van der Waals surface area contributed by atoms with Crippen LogP contribution in [0.5, 0.6) is 0 Å². The molecule has 0 aliphatic heterocycles. The average molecular weight is 371 g/mol. The van der Waals surface area contributed by atoms with E-state index in [0.717, 1.165) is 11.3 Å². The Morgan fingerprint density at radius 1 is 1.12 bits per heavy atom. The van der Waals surface area contributed by atoms with Gasteiger partial charge >= 0.3 is 0 Å². The summed E-state index contributed by atoms with van der Waals surface area (Å²) in [6, 6.07) is 15.9. The standard InChI is InChI=1S/C16H13N5O2S2/c22-21(23)13-8-6-12(7-9-13)17-15(24)19-20-16-18-14(10-25-16)11-4-2-1-3-5-11/h1-10H,(H,18,20)(H2,17,19,24). The van der Waals surface area contributed by atoms with Gasteiger partial charge in [0.1, 0.15) is 0 Å². The number of nitrogens with zero attached hydrogens (tertiary/aromatic N) is 2. The first-order chi connectivity index (χ1) is 12.1. The van der Waals surface area contributed by atoms with Gasteiger partial charge in [0, 0.05) is 28.8 Å². The third-order valence-electron chi connectivity index (χ3n) is 3.19. The molecule has 0 unspecified atom stereocenters. The Balaban J connectivity index is 1.54. The van der Waals surface area contributed by atoms with Crippen molar-refractivity contribution in [1.29, 1.82) is 0 Å². The summed E-state index contributed by atoms with van der Waals surface area (Å²) >= 11 is 6.63. The van der Waals surface area contributed by atoms with Crippen LogP contribution in [0.15, 0.2) is 60.0 Å². The second-order valence-corrected chi connectivity index (χ2v) is 6.18. The molecule has 0 amide bonds. The van der Waals surface area contributed by atoms with Gasteiger partial charge in [-0.2, -0.15) is 0 Å². The van der Waals surface area contributed by atoms with Crippen LogP contribution in [0.3, 0.4) is 0 Å². The van der Waals surface area contributed by atoms with Gasteiger partial charge in [-0.25, -0.2) is 4.98 Å². The number of hydrogen-bond donors (Lipinski definition) is 3. The molecule has 0 bridgehead atoms. The molecule has 25 heavy (non-hydrogen) atoms. The third kappa shape index (κ3) is 4.49. The van der Waals surface area contributed by atoms with Crippen molar-refractivity contribution in [2.45, 2.75) is 0 Å². The molecule has 126 valence electrons. The number of nitro benzene ring substituents is 1. The van der Waals surface area contributed by atoms with E-state index in [4.69, 9.17) is 12.2 Å². The van der Waals surface area contributed by atoms with Crippen LogP contribution in [-0.2, 0) is 0 Å². The number of nitro groups is 1. The number of rotatable bonds is 5. The van der Waals surface area contributed by atoms with Crippen molar-refractivity contribution in [3.8, 4) is 11.3 Å². The number of hydrazine groups is 1. The summed E-state index contributed by atoms with van der Waals surface area (Å²) in [7, 11) is 0. The minimum atomic E-state index is -0.450. The molecular formula is C16H13N5O2S2. The van der Waals surface area contributed by atoms with Gasteiger partial charge in [0.15, 0.2) is 5.11 Å². The van der Waals surface area contributed by atoms with Crippen molar-refractivity contribution >= 4 is 45.2 Å². The summed E-state index contributed by atoms with van der Waals surface area (Å²) in [5.74, 6) is 0. The van der Waals surface area contributed by atoms with E-state index in [1.807, 2.05) is 35.7 Å². The van der Waals surface area contributed by atoms with Crippen molar-refractivity contribution in [2.24, 2.45) is 0 Å². The molecule has 2 aromatic carbocycles. The molecule has 0 aliphatic rings. The first-order valence-electron chi connectivity index (χ1n) is 7.20. The molecule has 7 nitrogen and oxygen atoms in total. The molecule has 3 aromatic rings. The zero-order chi connectivity index (χ0) is 17.6. The zero-order valence-corrected chi connectivity index (χ0v) is 14.4. The lowest BCUT2D eigenvalue weighted by Crippen LogP contribution is -2.33. The molecule has 0 radical (unpaired) electrons. The maximum absolute atomic E-state index is 10.6. The summed E-state index contributed by atoms with van der Waals surface area (Å²) in [5.41, 5.74) is 8.36. The van der Waals surface area contributed by atoms with Crippen LogP contribution >= 0.6 is 23.6 Å². The first kappa shape index (κ1) is 16.8. The minimum absolute atomic E-state index is 0.0266. The maximum Gasteiger partial charge on any atom is 0.269 e. The highest BCUT2D eigenvalue weighted by Gasteiger charge is 2.06. The molecular weight excluding hydrogens is 358 g/mol. The Morgan fingerprint density at radius 3 is 2.52 bits per heavy atom. The van der Waals surface area contributed by atoms with Crippen LogP contribution in [0, 0.1) is 10.1 Å². The van der Waals surface area contributed by atoms with Gasteiger partial charge < -0.3 is 5.32 Å². The van der Waals surface area contributed by atoms with E-state index in [1.54, 1.807) is 12.1 Å². The van der Waals surface area contributed by atoms with E-state index < -0.39 is 4.92 Å². The fourth-order valence-electron chi connectivity index (χ4n) is 2.01. The van der Waals surface area contributed by atoms with E-state index in [2.05, 4.69) is 21.2 Å². The summed E-state index contributed by atoms with van der Waals surface area (Å²) in [4.78, 5) is 14.7. The van der Waals surface area contributed by atoms with Crippen LogP contribution in [0.1, 0.15) is 0 Å². The smallest absolute Gasteiger partial charge is 0.269 e. The van der Waals surface area contributed by atoms with E-state index in [9.17, 15) is 10.1 Å². The number of aromatic nitrogens is 1. The number of non-ortho nitro benzene ring substituents is 1. The molecule has 1 aromatic heterocycles. The second-order valence-electron chi connectivity index (χ2n) is 4.91. The van der Waals surface area contributed by atoms with Crippen LogP contribution in [0.2, 0.25) is 0 Å². The molecule has 0 saturated heterocycles. The number of anilines is 2. The molecule has 0 aliphatic carbocycles. The summed E-state index contributed by atoms with van der Waals surface area (Å²) in [6.45, 7) is 0. The summed E-state index contributed by atoms with van der Waals surface area (Å²) in [6.07, 6.45) is 0. The largest absolute Gasteiger partial charge is 0.331 e. The van der Waals surface area contributed by atoms with Crippen molar-refractivity contribution < 1.29 is 4.92 Å². The second kappa shape index (κ2) is 7.69. The third-order valence-corrected chi connectivity index (χ3v) is 4.15. The van der Waals surface area contributed by atoms with Crippen LogP contribution in [0.4, 0.5) is 16.5 Å². The van der Waals surface area contributed by atoms with Gasteiger partial charge in [0.2, 0.25) is 5.13 Å². The number of benzene rings is 2. The predicted molar refractivity (Wildman–Crippen MR) is 104 cm³/mol. The lowest BCUT2D eigenvalue weighted by atomic mass is 10.2. The SMILES string of the molecule is O=[N+]([O-])c1ccc(NC(=S)NNc2nc(-c3ccccc3)cs2)cc1. The lowest BCUT2D eigenvalue weighted by Gasteiger charge is -2.10. The Kier molecular flexibility index (Phi) is 5.17. The van der Waals surface area contributed by atoms with Crippen LogP contribution < -0.4 is 16.2 Å². The van der Waals surface area contributed by atoms with E-state index in [0.29, 0.717) is 15.9 Å². The molecule has 3 rings (SSSR count). The van der Waals surface area contributed by atoms with Crippen molar-refractivity contribution in [1.82, 2.24) is 10.4 Å². The Hall–Kier alpha value is -3.04. The molecule has 0 atom stereocenters. The Labute approximate surface area is 152 Å². The van der Waals surface area contributed by atoms with E-state index in [-0.39, 0.29) is 5.69 Å². The van der Waals surface area contributed by atoms with Gasteiger partial charge in [0.05, 0.1) is 10.6 Å². The molecule has 0 saturated carbocycles. The van der Waals surface area contributed by atoms with Gasteiger partial charge in [-0.05, 0) is 24.4 Å². The normalized spacial score (nSPS) is 10.1. The van der Waals surface area contributed by atoms with Crippen molar-refractivity contribution in [3.05, 3.63) is 70.1 Å². The fourth-order valence-corrected chi connectivity index (χ4v) is 2.85. The monoisotopic (exact) mass is 371 g/mol. The fraction of sp³-hybridized carbons (Fsp3) is 0. The summed E-state index contributed by atoms with van der Waals surface area (Å²) < 4.78 is 0. The highest BCUT2D eigenvalue weighted by molar-refractivity contribution is 7.80. The van der Waals surface area contributed by atoms with E-state index >= 15 is 0 Å². The van der Waals surface area contributed by atoms with Gasteiger partial charge in [-0.15, -0.1) is 11.3 Å².